The van der Waals surface area contributed by atoms with Crippen LogP contribution < -0.4 is 24.3 Å². The molecule has 1 saturated carbocycles. The molecule has 1 N–H and O–H groups in total. The second-order valence-corrected chi connectivity index (χ2v) is 8.25. The summed E-state index contributed by atoms with van der Waals surface area (Å²) in [6.07, 6.45) is -1.42. The first-order valence-electron chi connectivity index (χ1n) is 11.4. The molecule has 11 heteroatoms. The number of aromatic nitrogens is 1. The predicted molar refractivity (Wildman–Crippen MR) is 125 cm³/mol. The standard InChI is InChI=1S/C25H30F2N2O7/c1-14(30)36-16-6-8-19(28-24(31)17-7-10-23(33-3)29-25(17)34-4)18(12-16)15-5-9-20(21(11-15)32-2)35-13-22(26)27/h5,7,9-11,16,18-19,22H,6,8,12-13H2,1-4H3,(H,28,31). The van der Waals surface area contributed by atoms with Crippen molar-refractivity contribution >= 4 is 11.9 Å². The molecule has 3 unspecified atom stereocenters. The summed E-state index contributed by atoms with van der Waals surface area (Å²) in [5.74, 6) is -0.126. The number of esters is 1. The van der Waals surface area contributed by atoms with E-state index in [0.29, 0.717) is 25.1 Å². The molecule has 1 amide bonds. The second kappa shape index (κ2) is 12.4. The van der Waals surface area contributed by atoms with Gasteiger partial charge in [0.15, 0.2) is 11.5 Å². The summed E-state index contributed by atoms with van der Waals surface area (Å²) >= 11 is 0. The molecule has 0 saturated heterocycles. The normalized spacial score (nSPS) is 19.4. The van der Waals surface area contributed by atoms with Crippen LogP contribution in [0.5, 0.6) is 23.3 Å². The first-order valence-corrected chi connectivity index (χ1v) is 11.4. The molecule has 2 aromatic rings. The number of carbonyl (C=O) groups is 2. The largest absolute Gasteiger partial charge is 0.493 e. The molecule has 36 heavy (non-hydrogen) atoms. The Morgan fingerprint density at radius 2 is 1.83 bits per heavy atom. The number of methoxy groups -OCH3 is 3. The Morgan fingerprint density at radius 1 is 1.06 bits per heavy atom. The SMILES string of the molecule is COc1ccc(C(=O)NC2CCC(OC(C)=O)CC2c2ccc(OCC(F)F)c(OC)c2)c(OC)n1. The van der Waals surface area contributed by atoms with Crippen LogP contribution in [-0.2, 0) is 9.53 Å². The summed E-state index contributed by atoms with van der Waals surface area (Å²) in [6, 6.07) is 7.79. The van der Waals surface area contributed by atoms with Gasteiger partial charge in [0.2, 0.25) is 11.8 Å². The van der Waals surface area contributed by atoms with Crippen molar-refractivity contribution in [3.63, 3.8) is 0 Å². The van der Waals surface area contributed by atoms with E-state index in [1.54, 1.807) is 30.3 Å². The molecule has 0 spiro atoms. The van der Waals surface area contributed by atoms with E-state index >= 15 is 0 Å². The molecule has 1 aliphatic rings. The van der Waals surface area contributed by atoms with E-state index in [9.17, 15) is 18.4 Å². The predicted octanol–water partition coefficient (Wildman–Crippen LogP) is 3.75. The van der Waals surface area contributed by atoms with Gasteiger partial charge in [-0.1, -0.05) is 6.07 Å². The topological polar surface area (TPSA) is 105 Å². The monoisotopic (exact) mass is 508 g/mol. The Hall–Kier alpha value is -3.63. The zero-order valence-corrected chi connectivity index (χ0v) is 20.6. The van der Waals surface area contributed by atoms with Gasteiger partial charge in [-0.05, 0) is 43.0 Å². The lowest BCUT2D eigenvalue weighted by Crippen LogP contribution is -2.44. The van der Waals surface area contributed by atoms with Crippen LogP contribution >= 0.6 is 0 Å². The van der Waals surface area contributed by atoms with E-state index in [0.717, 1.165) is 5.56 Å². The number of pyridine rings is 1. The maximum atomic E-state index is 13.2. The maximum absolute atomic E-state index is 13.2. The Labute approximate surface area is 208 Å². The third kappa shape index (κ3) is 6.73. The van der Waals surface area contributed by atoms with Gasteiger partial charge in [-0.3, -0.25) is 9.59 Å². The van der Waals surface area contributed by atoms with E-state index in [4.69, 9.17) is 23.7 Å². The molecule has 1 aliphatic carbocycles. The fourth-order valence-electron chi connectivity index (χ4n) is 4.31. The van der Waals surface area contributed by atoms with Crippen LogP contribution in [0.25, 0.3) is 0 Å². The number of benzene rings is 1. The maximum Gasteiger partial charge on any atom is 0.302 e. The fraction of sp³-hybridized carbons (Fsp3) is 0.480. The van der Waals surface area contributed by atoms with Gasteiger partial charge in [0.1, 0.15) is 18.3 Å². The van der Waals surface area contributed by atoms with Crippen LogP contribution in [0.4, 0.5) is 8.78 Å². The number of hydrogen-bond acceptors (Lipinski definition) is 8. The van der Waals surface area contributed by atoms with Crippen LogP contribution in [0.3, 0.4) is 0 Å². The number of rotatable bonds is 10. The lowest BCUT2D eigenvalue weighted by molar-refractivity contribution is -0.148. The number of carbonyl (C=O) groups excluding carboxylic acids is 2. The zero-order chi connectivity index (χ0) is 26.2. The van der Waals surface area contributed by atoms with Gasteiger partial charge >= 0.3 is 5.97 Å². The van der Waals surface area contributed by atoms with E-state index < -0.39 is 13.0 Å². The molecule has 0 radical (unpaired) electrons. The highest BCUT2D eigenvalue weighted by atomic mass is 19.3. The highest BCUT2D eigenvalue weighted by Gasteiger charge is 2.35. The van der Waals surface area contributed by atoms with Crippen LogP contribution in [0, 0.1) is 0 Å². The molecule has 1 aromatic carbocycles. The van der Waals surface area contributed by atoms with Crippen molar-refractivity contribution in [2.75, 3.05) is 27.9 Å². The summed E-state index contributed by atoms with van der Waals surface area (Å²) in [6.45, 7) is 0.591. The molecule has 9 nitrogen and oxygen atoms in total. The van der Waals surface area contributed by atoms with Crippen LogP contribution in [-0.4, -0.2) is 63.4 Å². The molecule has 1 aromatic heterocycles. The van der Waals surface area contributed by atoms with Crippen molar-refractivity contribution in [1.82, 2.24) is 10.3 Å². The summed E-state index contributed by atoms with van der Waals surface area (Å²) in [4.78, 5) is 28.9. The summed E-state index contributed by atoms with van der Waals surface area (Å²) in [7, 11) is 4.29. The van der Waals surface area contributed by atoms with E-state index in [2.05, 4.69) is 10.3 Å². The lowest BCUT2D eigenvalue weighted by Gasteiger charge is -2.36. The van der Waals surface area contributed by atoms with Gasteiger partial charge in [0, 0.05) is 24.9 Å². The van der Waals surface area contributed by atoms with E-state index in [-0.39, 0.29) is 52.9 Å². The molecule has 1 fully saturated rings. The first-order chi connectivity index (χ1) is 17.2. The number of hydrogen-bond donors (Lipinski definition) is 1. The molecule has 1 heterocycles. The van der Waals surface area contributed by atoms with Crippen molar-refractivity contribution in [3.05, 3.63) is 41.5 Å². The van der Waals surface area contributed by atoms with Gasteiger partial charge in [0.25, 0.3) is 12.3 Å². The highest BCUT2D eigenvalue weighted by molar-refractivity contribution is 5.96. The third-order valence-electron chi connectivity index (χ3n) is 5.91. The van der Waals surface area contributed by atoms with Gasteiger partial charge in [0.05, 0.1) is 21.3 Å². The second-order valence-electron chi connectivity index (χ2n) is 8.25. The molecule has 0 aliphatic heterocycles. The number of ether oxygens (including phenoxy) is 5. The summed E-state index contributed by atoms with van der Waals surface area (Å²) in [5, 5.41) is 3.05. The third-order valence-corrected chi connectivity index (χ3v) is 5.91. The highest BCUT2D eigenvalue weighted by Crippen LogP contribution is 2.39. The minimum absolute atomic E-state index is 0.124. The molecular weight excluding hydrogens is 478 g/mol. The Bertz CT molecular complexity index is 1070. The van der Waals surface area contributed by atoms with Gasteiger partial charge in [-0.25, -0.2) is 8.78 Å². The number of alkyl halides is 2. The Kier molecular flexibility index (Phi) is 9.26. The van der Waals surface area contributed by atoms with E-state index in [1.165, 1.54) is 28.3 Å². The lowest BCUT2D eigenvalue weighted by atomic mass is 9.78. The number of nitrogens with zero attached hydrogens (tertiary/aromatic N) is 1. The van der Waals surface area contributed by atoms with Gasteiger partial charge < -0.3 is 29.0 Å². The number of amides is 1. The molecule has 3 atom stereocenters. The van der Waals surface area contributed by atoms with E-state index in [1.807, 2.05) is 0 Å². The zero-order valence-electron chi connectivity index (χ0n) is 20.6. The van der Waals surface area contributed by atoms with Gasteiger partial charge in [-0.2, -0.15) is 4.98 Å². The quantitative estimate of drug-likeness (QED) is 0.484. The van der Waals surface area contributed by atoms with Crippen LogP contribution in [0.15, 0.2) is 30.3 Å². The van der Waals surface area contributed by atoms with Crippen LogP contribution in [0.2, 0.25) is 0 Å². The fourth-order valence-corrected chi connectivity index (χ4v) is 4.31. The average Bonchev–Trinajstić information content (AvgIpc) is 2.87. The smallest absolute Gasteiger partial charge is 0.302 e. The van der Waals surface area contributed by atoms with Crippen molar-refractivity contribution in [1.29, 1.82) is 0 Å². The van der Waals surface area contributed by atoms with Crippen molar-refractivity contribution in [2.24, 2.45) is 0 Å². The first kappa shape index (κ1) is 27.0. The summed E-state index contributed by atoms with van der Waals surface area (Å²) < 4.78 is 51.5. The summed E-state index contributed by atoms with van der Waals surface area (Å²) in [5.41, 5.74) is 1.02. The minimum atomic E-state index is -2.62. The minimum Gasteiger partial charge on any atom is -0.493 e. The average molecular weight is 509 g/mol. The van der Waals surface area contributed by atoms with Crippen LogP contribution in [0.1, 0.15) is 48.0 Å². The number of halogens is 2. The Balaban J connectivity index is 1.88. The molecular formula is C25H30F2N2O7. The van der Waals surface area contributed by atoms with Crippen molar-refractivity contribution in [3.8, 4) is 23.3 Å². The molecule has 0 bridgehead atoms. The molecule has 196 valence electrons. The van der Waals surface area contributed by atoms with Crippen molar-refractivity contribution < 1.29 is 42.1 Å². The Morgan fingerprint density at radius 3 is 2.47 bits per heavy atom. The number of nitrogens with one attached hydrogen (secondary N) is 1. The molecule has 3 rings (SSSR count). The van der Waals surface area contributed by atoms with Gasteiger partial charge in [-0.15, -0.1) is 0 Å². The van der Waals surface area contributed by atoms with Crippen molar-refractivity contribution in [2.45, 2.75) is 50.7 Å².